The van der Waals surface area contributed by atoms with E-state index in [0.717, 1.165) is 0 Å². The van der Waals surface area contributed by atoms with Crippen molar-refractivity contribution in [3.05, 3.63) is 30.3 Å². The molecular formula is C7H8N2O5S. The highest BCUT2D eigenvalue weighted by Crippen LogP contribution is 2.13. The first-order chi connectivity index (χ1) is 6.91. The molecule has 7 nitrogen and oxygen atoms in total. The van der Waals surface area contributed by atoms with Crippen molar-refractivity contribution in [3.8, 4) is 0 Å². The number of hydrazine groups is 1. The number of carboxylic acid groups (broad SMARTS) is 1. The van der Waals surface area contributed by atoms with Crippen LogP contribution in [0.5, 0.6) is 0 Å². The van der Waals surface area contributed by atoms with E-state index in [1.165, 1.54) is 24.3 Å². The molecule has 0 radical (unpaired) electrons. The van der Waals surface area contributed by atoms with Crippen LogP contribution in [0.2, 0.25) is 0 Å². The van der Waals surface area contributed by atoms with Gasteiger partial charge in [-0.1, -0.05) is 18.2 Å². The highest BCUT2D eigenvalue weighted by Gasteiger charge is 2.21. The number of hydrogen-bond donors (Lipinski definition) is 3. The van der Waals surface area contributed by atoms with Gasteiger partial charge in [-0.3, -0.25) is 4.55 Å². The number of rotatable bonds is 3. The highest BCUT2D eigenvalue weighted by molar-refractivity contribution is 7.87. The number of amides is 1. The maximum Gasteiger partial charge on any atom is 0.424 e. The summed E-state index contributed by atoms with van der Waals surface area (Å²) in [5, 5.41) is 8.38. The third-order valence-electron chi connectivity index (χ3n) is 1.42. The molecule has 82 valence electrons. The molecule has 0 aliphatic heterocycles. The van der Waals surface area contributed by atoms with Crippen molar-refractivity contribution in [3.63, 3.8) is 0 Å². The van der Waals surface area contributed by atoms with Gasteiger partial charge in [0.05, 0.1) is 5.69 Å². The monoisotopic (exact) mass is 232 g/mol. The Labute approximate surface area is 85.8 Å². The third kappa shape index (κ3) is 3.11. The summed E-state index contributed by atoms with van der Waals surface area (Å²) in [5.41, 5.74) is 1.54. The van der Waals surface area contributed by atoms with Gasteiger partial charge in [0.25, 0.3) is 0 Å². The van der Waals surface area contributed by atoms with Gasteiger partial charge in [-0.05, 0) is 12.1 Å². The number of anilines is 1. The minimum absolute atomic E-state index is 0.0117. The Kier molecular flexibility index (Phi) is 3.12. The first-order valence-electron chi connectivity index (χ1n) is 3.73. The van der Waals surface area contributed by atoms with Crippen LogP contribution in [0.1, 0.15) is 0 Å². The molecule has 0 atom stereocenters. The molecule has 0 unspecified atom stereocenters. The predicted molar refractivity (Wildman–Crippen MR) is 51.6 cm³/mol. The number of nitrogens with one attached hydrogen (secondary N) is 1. The van der Waals surface area contributed by atoms with E-state index in [-0.39, 0.29) is 10.1 Å². The molecule has 0 aliphatic carbocycles. The van der Waals surface area contributed by atoms with Crippen LogP contribution in [0, 0.1) is 0 Å². The van der Waals surface area contributed by atoms with Gasteiger partial charge in [0, 0.05) is 0 Å². The molecule has 8 heteroatoms. The van der Waals surface area contributed by atoms with Crippen LogP contribution in [0.4, 0.5) is 10.5 Å². The molecule has 0 fully saturated rings. The van der Waals surface area contributed by atoms with E-state index < -0.39 is 16.4 Å². The van der Waals surface area contributed by atoms with Gasteiger partial charge in [0.1, 0.15) is 0 Å². The van der Waals surface area contributed by atoms with E-state index in [0.29, 0.717) is 0 Å². The Hall–Kier alpha value is -1.80. The lowest BCUT2D eigenvalue weighted by Crippen LogP contribution is -2.45. The van der Waals surface area contributed by atoms with E-state index in [1.807, 2.05) is 0 Å². The Morgan fingerprint density at radius 3 is 2.20 bits per heavy atom. The quantitative estimate of drug-likeness (QED) is 0.519. The second-order valence-electron chi connectivity index (χ2n) is 2.49. The van der Waals surface area contributed by atoms with Gasteiger partial charge in [0.15, 0.2) is 0 Å². The van der Waals surface area contributed by atoms with Crippen LogP contribution in [-0.2, 0) is 10.3 Å². The Bertz CT molecular complexity index is 444. The van der Waals surface area contributed by atoms with Crippen molar-refractivity contribution < 1.29 is 22.9 Å². The fourth-order valence-corrected chi connectivity index (χ4v) is 1.49. The van der Waals surface area contributed by atoms with Crippen LogP contribution in [0.15, 0.2) is 30.3 Å². The van der Waals surface area contributed by atoms with Gasteiger partial charge < -0.3 is 5.11 Å². The van der Waals surface area contributed by atoms with E-state index >= 15 is 0 Å². The molecule has 15 heavy (non-hydrogen) atoms. The maximum atomic E-state index is 10.8. The maximum absolute atomic E-state index is 10.8. The van der Waals surface area contributed by atoms with Gasteiger partial charge in [-0.2, -0.15) is 12.8 Å². The van der Waals surface area contributed by atoms with Gasteiger partial charge in [-0.25, -0.2) is 10.2 Å². The molecule has 3 N–H and O–H groups in total. The lowest BCUT2D eigenvalue weighted by atomic mass is 10.3. The van der Waals surface area contributed by atoms with Crippen molar-refractivity contribution in [1.29, 1.82) is 0 Å². The van der Waals surface area contributed by atoms with E-state index in [4.69, 9.17) is 9.66 Å². The normalized spacial score (nSPS) is 10.7. The molecule has 0 bridgehead atoms. The fraction of sp³-hybridized carbons (Fsp3) is 0. The summed E-state index contributed by atoms with van der Waals surface area (Å²) in [7, 11) is -4.67. The number of nitrogens with zero attached hydrogens (tertiary/aromatic N) is 1. The Balaban J connectivity index is 3.08. The van der Waals surface area contributed by atoms with Crippen LogP contribution in [0.3, 0.4) is 0 Å². The molecule has 0 heterocycles. The summed E-state index contributed by atoms with van der Waals surface area (Å²) in [6.45, 7) is 0. The molecule has 0 aliphatic rings. The predicted octanol–water partition coefficient (Wildman–Crippen LogP) is 0.478. The van der Waals surface area contributed by atoms with E-state index in [2.05, 4.69) is 0 Å². The standard InChI is InChI=1S/C7H8N2O5S/c10-7(11)8-9(15(12,13)14)6-4-2-1-3-5-6/h1-5,8H,(H,10,11)(H,12,13,14). The highest BCUT2D eigenvalue weighted by atomic mass is 32.2. The molecule has 0 saturated heterocycles. The third-order valence-corrected chi connectivity index (χ3v) is 2.18. The second-order valence-corrected chi connectivity index (χ2v) is 3.76. The molecule has 1 amide bonds. The number of hydrogen-bond acceptors (Lipinski definition) is 3. The minimum atomic E-state index is -4.67. The van der Waals surface area contributed by atoms with Gasteiger partial charge in [0.2, 0.25) is 0 Å². The van der Waals surface area contributed by atoms with E-state index in [1.54, 1.807) is 11.5 Å². The van der Waals surface area contributed by atoms with Crippen molar-refractivity contribution in [2.45, 2.75) is 0 Å². The van der Waals surface area contributed by atoms with Gasteiger partial charge >= 0.3 is 16.4 Å². The average molecular weight is 232 g/mol. The van der Waals surface area contributed by atoms with Gasteiger partial charge in [-0.15, -0.1) is 0 Å². The van der Waals surface area contributed by atoms with Crippen LogP contribution >= 0.6 is 0 Å². The number of para-hydroxylation sites is 1. The summed E-state index contributed by atoms with van der Waals surface area (Å²) in [6, 6.07) is 7.26. The molecule has 0 saturated carbocycles. The smallest absolute Gasteiger partial charge is 0.424 e. The lowest BCUT2D eigenvalue weighted by Gasteiger charge is -2.18. The lowest BCUT2D eigenvalue weighted by molar-refractivity contribution is 0.194. The van der Waals surface area contributed by atoms with Crippen molar-refractivity contribution >= 4 is 22.1 Å². The van der Waals surface area contributed by atoms with Crippen molar-refractivity contribution in [1.82, 2.24) is 5.43 Å². The Morgan fingerprint density at radius 1 is 1.27 bits per heavy atom. The summed E-state index contributed by atoms with van der Waals surface area (Å²) in [5.74, 6) is 0. The molecule has 0 spiro atoms. The molecular weight excluding hydrogens is 224 g/mol. The largest absolute Gasteiger partial charge is 0.464 e. The average Bonchev–Trinajstić information content (AvgIpc) is 2.14. The molecule has 1 aromatic rings. The SMILES string of the molecule is O=C(O)NN(c1ccccc1)S(=O)(=O)O. The van der Waals surface area contributed by atoms with Crippen LogP contribution in [-0.4, -0.2) is 24.2 Å². The van der Waals surface area contributed by atoms with Crippen molar-refractivity contribution in [2.75, 3.05) is 4.41 Å². The Morgan fingerprint density at radius 2 is 1.80 bits per heavy atom. The first kappa shape index (κ1) is 11.3. The van der Waals surface area contributed by atoms with Crippen LogP contribution in [0.25, 0.3) is 0 Å². The molecule has 1 rings (SSSR count). The van der Waals surface area contributed by atoms with Crippen molar-refractivity contribution in [2.24, 2.45) is 0 Å². The number of carbonyl (C=O) groups is 1. The first-order valence-corrected chi connectivity index (χ1v) is 5.13. The summed E-state index contributed by atoms with van der Waals surface area (Å²) < 4.78 is 30.5. The zero-order valence-corrected chi connectivity index (χ0v) is 8.18. The zero-order valence-electron chi connectivity index (χ0n) is 7.36. The summed E-state index contributed by atoms with van der Waals surface area (Å²) in [6.07, 6.45) is -1.60. The number of benzene rings is 1. The topological polar surface area (TPSA) is 107 Å². The zero-order chi connectivity index (χ0) is 11.5. The summed E-state index contributed by atoms with van der Waals surface area (Å²) >= 11 is 0. The second kappa shape index (κ2) is 4.15. The van der Waals surface area contributed by atoms with Crippen LogP contribution < -0.4 is 9.84 Å². The summed E-state index contributed by atoms with van der Waals surface area (Å²) in [4.78, 5) is 10.3. The van der Waals surface area contributed by atoms with E-state index in [9.17, 15) is 13.2 Å². The minimum Gasteiger partial charge on any atom is -0.464 e. The molecule has 0 aromatic heterocycles. The molecule has 1 aromatic carbocycles. The fourth-order valence-electron chi connectivity index (χ4n) is 0.906.